The number of benzene rings is 2. The van der Waals surface area contributed by atoms with Gasteiger partial charge in [0.05, 0.1) is 41.7 Å². The number of carbonyl (C=O) groups is 1. The second kappa shape index (κ2) is 16.1. The molecule has 0 bridgehead atoms. The van der Waals surface area contributed by atoms with Crippen molar-refractivity contribution in [2.75, 3.05) is 20.8 Å². The molecule has 0 aliphatic rings. The Kier molecular flexibility index (Phi) is 12.6. The number of nitrogens with zero attached hydrogens (tertiary/aromatic N) is 2. The minimum Gasteiger partial charge on any atom is -0.598 e. The average Bonchev–Trinajstić information content (AvgIpc) is 3.06. The summed E-state index contributed by atoms with van der Waals surface area (Å²) in [6, 6.07) is 18.9. The van der Waals surface area contributed by atoms with Gasteiger partial charge >= 0.3 is 0 Å². The van der Waals surface area contributed by atoms with Gasteiger partial charge in [0, 0.05) is 70.3 Å². The highest BCUT2D eigenvalue weighted by Gasteiger charge is 2.30. The molecule has 0 unspecified atom stereocenters. The van der Waals surface area contributed by atoms with E-state index in [-0.39, 0.29) is 17.5 Å². The highest BCUT2D eigenvalue weighted by atomic mass is 35.5. The summed E-state index contributed by atoms with van der Waals surface area (Å²) < 4.78 is 26.8. The van der Waals surface area contributed by atoms with E-state index in [0.717, 1.165) is 27.8 Å². The molecule has 4 rings (SSSR count). The second-order valence-electron chi connectivity index (χ2n) is 13.4. The molecular formula is C37H45Cl2N5O4S. The Labute approximate surface area is 302 Å². The number of rotatable bonds is 13. The zero-order chi connectivity index (χ0) is 36.1. The van der Waals surface area contributed by atoms with Crippen LogP contribution in [0.3, 0.4) is 0 Å². The zero-order valence-electron chi connectivity index (χ0n) is 29.5. The predicted molar refractivity (Wildman–Crippen MR) is 201 cm³/mol. The SMILES string of the molecule is COc1nc(-c2cccc(-c3cccc(-c4ccc([C@H](C)N[S@+]([O-])C(C)(C)C)c(OC)n4)c3Cl)c2Cl)ccc1CNC(C)(C)CNC(C)=O. The lowest BCUT2D eigenvalue weighted by Gasteiger charge is -2.27. The number of carbonyl (C=O) groups excluding carboxylic acids is 1. The van der Waals surface area contributed by atoms with Crippen LogP contribution in [0.5, 0.6) is 11.8 Å². The quantitative estimate of drug-likeness (QED) is 0.119. The van der Waals surface area contributed by atoms with Crippen molar-refractivity contribution in [3.63, 3.8) is 0 Å². The lowest BCUT2D eigenvalue weighted by Crippen LogP contribution is -2.48. The third kappa shape index (κ3) is 9.45. The summed E-state index contributed by atoms with van der Waals surface area (Å²) >= 11 is 12.9. The fourth-order valence-corrected chi connectivity index (χ4v) is 6.49. The van der Waals surface area contributed by atoms with Crippen LogP contribution in [0.25, 0.3) is 33.6 Å². The van der Waals surface area contributed by atoms with E-state index in [9.17, 15) is 9.35 Å². The molecule has 0 spiro atoms. The first-order valence-corrected chi connectivity index (χ1v) is 17.8. The minimum absolute atomic E-state index is 0.0772. The Morgan fingerprint density at radius 3 is 1.86 bits per heavy atom. The van der Waals surface area contributed by atoms with Crippen LogP contribution >= 0.6 is 23.2 Å². The Hall–Kier alpha value is -3.38. The standard InChI is InChI=1S/C37H45Cl2N5O4S/c1-22(44-49(46)36(3,4)5)25-17-19-31(43-35(25)48-9)29-15-11-13-27(33(29)39)26-12-10-14-28(32(26)38)30-18-16-24(34(42-30)47-8)20-41-37(6,7)21-40-23(2)45/h10-19,22,41,44H,20-21H2,1-9H3,(H,40,45)/t22-,49+/m0/s1. The molecule has 0 radical (unpaired) electrons. The maximum absolute atomic E-state index is 12.7. The summed E-state index contributed by atoms with van der Waals surface area (Å²) in [6.07, 6.45) is 0. The van der Waals surface area contributed by atoms with Crippen molar-refractivity contribution in [3.05, 3.63) is 81.8 Å². The Bertz CT molecular complexity index is 1800. The van der Waals surface area contributed by atoms with Gasteiger partial charge in [0.2, 0.25) is 17.7 Å². The second-order valence-corrected chi connectivity index (χ2v) is 16.1. The number of halogens is 2. The van der Waals surface area contributed by atoms with Crippen molar-refractivity contribution in [3.8, 4) is 45.4 Å². The Morgan fingerprint density at radius 2 is 1.35 bits per heavy atom. The fourth-order valence-electron chi connectivity index (χ4n) is 5.04. The van der Waals surface area contributed by atoms with Gasteiger partial charge in [-0.3, -0.25) is 4.79 Å². The summed E-state index contributed by atoms with van der Waals surface area (Å²) in [4.78, 5) is 21.0. The van der Waals surface area contributed by atoms with Gasteiger partial charge in [-0.15, -0.1) is 4.72 Å². The normalized spacial score (nSPS) is 13.1. The van der Waals surface area contributed by atoms with E-state index in [0.29, 0.717) is 51.8 Å². The lowest BCUT2D eigenvalue weighted by atomic mass is 9.97. The molecule has 4 aromatic rings. The molecule has 0 fully saturated rings. The predicted octanol–water partition coefficient (Wildman–Crippen LogP) is 7.92. The summed E-state index contributed by atoms with van der Waals surface area (Å²) in [7, 11) is 3.15. The molecule has 262 valence electrons. The van der Waals surface area contributed by atoms with Crippen molar-refractivity contribution in [1.29, 1.82) is 0 Å². The number of pyridine rings is 2. The van der Waals surface area contributed by atoms with Crippen LogP contribution in [-0.2, 0) is 22.7 Å². The van der Waals surface area contributed by atoms with Gasteiger partial charge in [-0.25, -0.2) is 9.97 Å². The summed E-state index contributed by atoms with van der Waals surface area (Å²) in [5, 5.41) is 7.28. The Morgan fingerprint density at radius 1 is 0.837 bits per heavy atom. The van der Waals surface area contributed by atoms with Crippen LogP contribution < -0.4 is 24.8 Å². The van der Waals surface area contributed by atoms with E-state index in [1.165, 1.54) is 6.92 Å². The zero-order valence-corrected chi connectivity index (χ0v) is 31.8. The van der Waals surface area contributed by atoms with E-state index < -0.39 is 16.1 Å². The molecule has 9 nitrogen and oxygen atoms in total. The monoisotopic (exact) mass is 725 g/mol. The van der Waals surface area contributed by atoms with Crippen LogP contribution in [0.2, 0.25) is 10.0 Å². The van der Waals surface area contributed by atoms with Crippen LogP contribution in [0, 0.1) is 0 Å². The van der Waals surface area contributed by atoms with Gasteiger partial charge in [0.25, 0.3) is 0 Å². The molecule has 3 N–H and O–H groups in total. The van der Waals surface area contributed by atoms with Crippen molar-refractivity contribution < 1.29 is 18.8 Å². The maximum atomic E-state index is 12.7. The highest BCUT2D eigenvalue weighted by Crippen LogP contribution is 2.42. The first kappa shape index (κ1) is 38.4. The highest BCUT2D eigenvalue weighted by molar-refractivity contribution is 7.90. The number of methoxy groups -OCH3 is 2. The van der Waals surface area contributed by atoms with Gasteiger partial charge < -0.3 is 24.7 Å². The summed E-state index contributed by atoms with van der Waals surface area (Å²) in [5.41, 5.74) is 5.49. The van der Waals surface area contributed by atoms with Gasteiger partial charge in [0.1, 0.15) is 4.75 Å². The van der Waals surface area contributed by atoms with Crippen molar-refractivity contribution >= 4 is 40.5 Å². The van der Waals surface area contributed by atoms with Crippen molar-refractivity contribution in [1.82, 2.24) is 25.3 Å². The third-order valence-electron chi connectivity index (χ3n) is 7.90. The van der Waals surface area contributed by atoms with E-state index in [2.05, 4.69) is 15.4 Å². The summed E-state index contributed by atoms with van der Waals surface area (Å²) in [6.45, 7) is 14.2. The molecule has 1 amide bonds. The first-order valence-electron chi connectivity index (χ1n) is 15.9. The maximum Gasteiger partial charge on any atom is 0.218 e. The number of hydrogen-bond acceptors (Lipinski definition) is 8. The topological polar surface area (TPSA) is 120 Å². The van der Waals surface area contributed by atoms with Gasteiger partial charge in [-0.2, -0.15) is 0 Å². The van der Waals surface area contributed by atoms with Crippen LogP contribution in [0.4, 0.5) is 0 Å². The smallest absolute Gasteiger partial charge is 0.218 e. The number of ether oxygens (including phenoxy) is 2. The third-order valence-corrected chi connectivity index (χ3v) is 10.4. The molecule has 49 heavy (non-hydrogen) atoms. The molecule has 2 heterocycles. The molecule has 12 heteroatoms. The molecule has 2 atom stereocenters. The van der Waals surface area contributed by atoms with Gasteiger partial charge in [-0.1, -0.05) is 65.7 Å². The minimum atomic E-state index is -1.27. The van der Waals surface area contributed by atoms with E-state index in [1.807, 2.05) is 102 Å². The fraction of sp³-hybridized carbons (Fsp3) is 0.378. The molecular weight excluding hydrogens is 681 g/mol. The molecule has 2 aromatic heterocycles. The van der Waals surface area contributed by atoms with Crippen LogP contribution in [-0.4, -0.2) is 51.5 Å². The molecule has 0 aliphatic heterocycles. The largest absolute Gasteiger partial charge is 0.598 e. The molecule has 0 saturated heterocycles. The van der Waals surface area contributed by atoms with Crippen LogP contribution in [0.15, 0.2) is 60.7 Å². The van der Waals surface area contributed by atoms with Gasteiger partial charge in [0.15, 0.2) is 0 Å². The molecule has 0 saturated carbocycles. The number of hydrogen-bond donors (Lipinski definition) is 3. The average molecular weight is 727 g/mol. The number of nitrogens with one attached hydrogen (secondary N) is 3. The first-order chi connectivity index (χ1) is 23.1. The summed E-state index contributed by atoms with van der Waals surface area (Å²) in [5.74, 6) is 0.811. The molecule has 2 aromatic carbocycles. The van der Waals surface area contributed by atoms with Crippen molar-refractivity contribution in [2.45, 2.75) is 71.3 Å². The molecule has 0 aliphatic carbocycles. The number of aromatic nitrogens is 2. The Balaban J connectivity index is 1.64. The van der Waals surface area contributed by atoms with E-state index >= 15 is 0 Å². The van der Waals surface area contributed by atoms with Crippen LogP contribution in [0.1, 0.15) is 65.6 Å². The van der Waals surface area contributed by atoms with E-state index in [4.69, 9.17) is 42.6 Å². The number of amides is 1. The van der Waals surface area contributed by atoms with Crippen molar-refractivity contribution in [2.24, 2.45) is 0 Å². The van der Waals surface area contributed by atoms with Gasteiger partial charge in [-0.05, 0) is 59.7 Å². The lowest BCUT2D eigenvalue weighted by molar-refractivity contribution is -0.119. The van der Waals surface area contributed by atoms with E-state index in [1.54, 1.807) is 14.2 Å².